The number of non-ortho nitro benzene ring substituents is 1. The molecule has 0 unspecified atom stereocenters. The lowest BCUT2D eigenvalue weighted by molar-refractivity contribution is -0.384. The fourth-order valence-corrected chi connectivity index (χ4v) is 6.10. The Hall–Kier alpha value is -3.71. The number of aliphatic imine (C=N–C) groups is 1. The maximum atomic E-state index is 13.2. The Labute approximate surface area is 219 Å². The van der Waals surface area contributed by atoms with Crippen LogP contribution in [0.1, 0.15) is 23.3 Å². The fourth-order valence-electron chi connectivity index (χ4n) is 4.13. The van der Waals surface area contributed by atoms with E-state index in [9.17, 15) is 24.5 Å². The van der Waals surface area contributed by atoms with Gasteiger partial charge < -0.3 is 14.8 Å². The smallest absolute Gasteiger partial charge is 0.357 e. The number of thiophene rings is 1. The second-order valence-electron chi connectivity index (χ2n) is 8.46. The fraction of sp³-hybridized carbons (Fsp3) is 0.333. The lowest BCUT2D eigenvalue weighted by Crippen LogP contribution is -2.70. The van der Waals surface area contributed by atoms with E-state index in [2.05, 4.69) is 10.3 Å². The number of hydrogen-bond acceptors (Lipinski definition) is 10. The molecule has 0 spiro atoms. The Morgan fingerprint density at radius 2 is 2.08 bits per heavy atom. The van der Waals surface area contributed by atoms with E-state index >= 15 is 0 Å². The van der Waals surface area contributed by atoms with Gasteiger partial charge in [-0.25, -0.2) is 9.79 Å². The number of hydrogen-bond donors (Lipinski definition) is 1. The van der Waals surface area contributed by atoms with Crippen molar-refractivity contribution in [2.75, 3.05) is 12.4 Å². The largest absolute Gasteiger partial charge is 0.481 e. The van der Waals surface area contributed by atoms with Gasteiger partial charge in [0, 0.05) is 29.2 Å². The summed E-state index contributed by atoms with van der Waals surface area (Å²) in [6.07, 6.45) is 1.63. The van der Waals surface area contributed by atoms with Crippen LogP contribution < -0.4 is 5.32 Å². The highest BCUT2D eigenvalue weighted by Crippen LogP contribution is 2.41. The number of benzene rings is 1. The van der Waals surface area contributed by atoms with Crippen LogP contribution in [0.4, 0.5) is 5.69 Å². The van der Waals surface area contributed by atoms with Crippen LogP contribution in [0, 0.1) is 10.1 Å². The molecular formula is C24H22N4O7S2. The molecule has 2 fully saturated rings. The summed E-state index contributed by atoms with van der Waals surface area (Å²) < 4.78 is 11.0. The van der Waals surface area contributed by atoms with Crippen LogP contribution in [-0.4, -0.2) is 57.3 Å². The number of nitrogens with one attached hydrogen (secondary N) is 1. The van der Waals surface area contributed by atoms with Crippen molar-refractivity contribution in [3.8, 4) is 0 Å². The molecule has 0 bridgehead atoms. The van der Waals surface area contributed by atoms with Crippen molar-refractivity contribution in [2.45, 2.75) is 37.3 Å². The lowest BCUT2D eigenvalue weighted by atomic mass is 10.0. The van der Waals surface area contributed by atoms with Gasteiger partial charge in [-0.05, 0) is 35.6 Å². The van der Waals surface area contributed by atoms with E-state index in [0.717, 1.165) is 11.3 Å². The average Bonchev–Trinajstić information content (AvgIpc) is 3.60. The maximum absolute atomic E-state index is 13.2. The molecule has 2 amide bonds. The number of amides is 2. The number of β-lactam (4-membered cyclic amide) rings is 1. The molecular weight excluding hydrogens is 520 g/mol. The van der Waals surface area contributed by atoms with Gasteiger partial charge in [0.15, 0.2) is 11.6 Å². The zero-order valence-corrected chi connectivity index (χ0v) is 21.1. The molecule has 2 aromatic rings. The van der Waals surface area contributed by atoms with Crippen LogP contribution >= 0.6 is 23.1 Å². The second-order valence-corrected chi connectivity index (χ2v) is 10.6. The van der Waals surface area contributed by atoms with Crippen LogP contribution in [0.25, 0.3) is 0 Å². The van der Waals surface area contributed by atoms with Crippen molar-refractivity contribution in [1.29, 1.82) is 0 Å². The summed E-state index contributed by atoms with van der Waals surface area (Å²) >= 11 is 2.87. The van der Waals surface area contributed by atoms with E-state index in [4.69, 9.17) is 9.47 Å². The van der Waals surface area contributed by atoms with Gasteiger partial charge in [-0.3, -0.25) is 24.6 Å². The van der Waals surface area contributed by atoms with Gasteiger partial charge in [0.2, 0.25) is 5.91 Å². The van der Waals surface area contributed by atoms with E-state index in [1.165, 1.54) is 52.3 Å². The molecule has 5 rings (SSSR count). The number of carbonyl (C=O) groups is 3. The molecule has 192 valence electrons. The van der Waals surface area contributed by atoms with Crippen molar-refractivity contribution in [1.82, 2.24) is 10.2 Å². The molecule has 0 aliphatic carbocycles. The maximum Gasteiger partial charge on any atom is 0.357 e. The van der Waals surface area contributed by atoms with E-state index < -0.39 is 28.2 Å². The molecule has 0 radical (unpaired) electrons. The molecule has 1 aromatic heterocycles. The number of rotatable bonds is 8. The zero-order chi connectivity index (χ0) is 25.9. The molecule has 3 aliphatic rings. The average molecular weight is 543 g/mol. The van der Waals surface area contributed by atoms with Gasteiger partial charge in [0.25, 0.3) is 11.6 Å². The van der Waals surface area contributed by atoms with Gasteiger partial charge in [0.05, 0.1) is 23.6 Å². The first-order chi connectivity index (χ1) is 17.9. The summed E-state index contributed by atoms with van der Waals surface area (Å²) in [6.45, 7) is 0.407. The third kappa shape index (κ3) is 5.37. The summed E-state index contributed by atoms with van der Waals surface area (Å²) in [6, 6.07) is 8.61. The van der Waals surface area contributed by atoms with Gasteiger partial charge in [-0.15, -0.1) is 23.1 Å². The van der Waals surface area contributed by atoms with Crippen molar-refractivity contribution >= 4 is 52.5 Å². The van der Waals surface area contributed by atoms with Crippen LogP contribution in [0.3, 0.4) is 0 Å². The molecule has 11 nitrogen and oxygen atoms in total. The number of esters is 1. The van der Waals surface area contributed by atoms with Crippen molar-refractivity contribution in [3.63, 3.8) is 0 Å². The molecule has 2 atom stereocenters. The molecule has 2 saturated heterocycles. The van der Waals surface area contributed by atoms with Crippen molar-refractivity contribution in [3.05, 3.63) is 73.7 Å². The van der Waals surface area contributed by atoms with Crippen molar-refractivity contribution < 1.29 is 28.8 Å². The quantitative estimate of drug-likeness (QED) is 0.232. The van der Waals surface area contributed by atoms with Crippen LogP contribution in [0.5, 0.6) is 0 Å². The predicted molar refractivity (Wildman–Crippen MR) is 136 cm³/mol. The third-order valence-corrected chi connectivity index (χ3v) is 8.09. The second kappa shape index (κ2) is 10.7. The third-order valence-electron chi connectivity index (χ3n) is 5.95. The minimum absolute atomic E-state index is 0.0300. The number of nitro groups is 1. The molecule has 37 heavy (non-hydrogen) atoms. The number of nitro benzene ring substituents is 1. The minimum Gasteiger partial charge on any atom is -0.481 e. The van der Waals surface area contributed by atoms with Crippen LogP contribution in [0.2, 0.25) is 0 Å². The zero-order valence-electron chi connectivity index (χ0n) is 19.5. The monoisotopic (exact) mass is 542 g/mol. The first-order valence-electron chi connectivity index (χ1n) is 11.5. The SMILES string of the molecule is O=C(Cc1cccs1)N[C@@H]1C(=O)N2C(C(=O)OCc3ccc([N+](=O)[O-])cc3)=C(N=C3CCCO3)CS[C@@H]12. The summed E-state index contributed by atoms with van der Waals surface area (Å²) in [4.78, 5) is 55.9. The highest BCUT2D eigenvalue weighted by Gasteiger charge is 2.54. The Morgan fingerprint density at radius 3 is 2.76 bits per heavy atom. The highest BCUT2D eigenvalue weighted by molar-refractivity contribution is 8.00. The molecule has 1 N–H and O–H groups in total. The van der Waals surface area contributed by atoms with Gasteiger partial charge in [-0.2, -0.15) is 0 Å². The Morgan fingerprint density at radius 1 is 1.27 bits per heavy atom. The summed E-state index contributed by atoms with van der Waals surface area (Å²) in [5.74, 6) is -0.580. The lowest BCUT2D eigenvalue weighted by Gasteiger charge is -2.49. The standard InChI is InChI=1S/C24H22N4O7S2/c29-18(11-16-3-2-10-36-16)26-20-22(30)27-21(17(13-37-23(20)27)25-19-4-1-9-34-19)24(31)35-12-14-5-7-15(8-6-14)28(32)33/h2-3,5-8,10,20,23H,1,4,9,11-13H2,(H,26,29)/t20-,23+/m1/s1. The van der Waals surface area contributed by atoms with Crippen LogP contribution in [0.15, 0.2) is 58.2 Å². The molecule has 1 aromatic carbocycles. The molecule has 0 saturated carbocycles. The summed E-state index contributed by atoms with van der Waals surface area (Å²) in [7, 11) is 0. The summed E-state index contributed by atoms with van der Waals surface area (Å²) in [5, 5.41) is 15.1. The molecule has 3 aliphatic heterocycles. The number of fused-ring (bicyclic) bond motifs is 1. The number of carbonyl (C=O) groups excluding carboxylic acids is 3. The Balaban J connectivity index is 1.32. The summed E-state index contributed by atoms with van der Waals surface area (Å²) in [5.41, 5.74) is 0.894. The van der Waals surface area contributed by atoms with Gasteiger partial charge in [0.1, 0.15) is 18.0 Å². The number of thioether (sulfide) groups is 1. The van der Waals surface area contributed by atoms with Crippen molar-refractivity contribution in [2.24, 2.45) is 4.99 Å². The highest BCUT2D eigenvalue weighted by atomic mass is 32.2. The Bertz CT molecular complexity index is 1280. The Kier molecular flexibility index (Phi) is 7.24. The van der Waals surface area contributed by atoms with E-state index in [-0.39, 0.29) is 30.3 Å². The number of ether oxygens (including phenoxy) is 2. The number of nitrogens with zero attached hydrogens (tertiary/aromatic N) is 3. The minimum atomic E-state index is -0.758. The first kappa shape index (κ1) is 25.0. The van der Waals surface area contributed by atoms with Gasteiger partial charge in [-0.1, -0.05) is 6.07 Å². The molecule has 13 heteroatoms. The van der Waals surface area contributed by atoms with E-state index in [1.807, 2.05) is 17.5 Å². The van der Waals surface area contributed by atoms with Crippen LogP contribution in [-0.2, 0) is 36.9 Å². The predicted octanol–water partition coefficient (Wildman–Crippen LogP) is 2.76. The van der Waals surface area contributed by atoms with E-state index in [1.54, 1.807) is 0 Å². The molecule has 4 heterocycles. The van der Waals surface area contributed by atoms with E-state index in [0.29, 0.717) is 35.9 Å². The van der Waals surface area contributed by atoms with Gasteiger partial charge >= 0.3 is 5.97 Å². The topological polar surface area (TPSA) is 140 Å². The normalized spacial score (nSPS) is 21.8. The first-order valence-corrected chi connectivity index (χ1v) is 13.4.